The molecule has 0 unspecified atom stereocenters. The molecule has 1 rings (SSSR count). The molecule has 0 atom stereocenters. The maximum atomic E-state index is 10.2. The fourth-order valence-electron chi connectivity index (χ4n) is 0.729. The number of primary amides is 1. The Labute approximate surface area is 98.6 Å². The van der Waals surface area contributed by atoms with Crippen molar-refractivity contribution in [2.24, 2.45) is 5.73 Å². The summed E-state index contributed by atoms with van der Waals surface area (Å²) >= 11 is 0. The molecule has 3 heteroatoms. The minimum absolute atomic E-state index is 0.246. The molecule has 3 nitrogen and oxygen atoms in total. The summed E-state index contributed by atoms with van der Waals surface area (Å²) in [5, 5.41) is 0. The smallest absolute Gasteiger partial charge is 0.404 e. The van der Waals surface area contributed by atoms with Gasteiger partial charge in [-0.15, -0.1) is 0 Å². The van der Waals surface area contributed by atoms with Gasteiger partial charge in [-0.25, -0.2) is 4.79 Å². The second-order valence-electron chi connectivity index (χ2n) is 2.80. The average molecular weight is 225 g/mol. The Morgan fingerprint density at radius 3 is 2.00 bits per heavy atom. The zero-order valence-electron chi connectivity index (χ0n) is 10.7. The normalized spacial score (nSPS) is 7.75. The standard InChI is InChI=1S/C8H9NO2.C3H8.C2H6/c9-8(10)11-6-7-4-2-1-3-5-7;1-3-2;1-2/h1-5H,6H2,(H2,9,10);3H2,1-2H3;1-2H3. The van der Waals surface area contributed by atoms with Gasteiger partial charge in [-0.2, -0.15) is 0 Å². The number of carbonyl (C=O) groups is 1. The van der Waals surface area contributed by atoms with E-state index >= 15 is 0 Å². The summed E-state index contributed by atoms with van der Waals surface area (Å²) in [6.45, 7) is 8.50. The van der Waals surface area contributed by atoms with Crippen molar-refractivity contribution in [1.29, 1.82) is 0 Å². The summed E-state index contributed by atoms with van der Waals surface area (Å²) in [6, 6.07) is 9.37. The molecule has 0 fully saturated rings. The van der Waals surface area contributed by atoms with Gasteiger partial charge < -0.3 is 10.5 Å². The van der Waals surface area contributed by atoms with E-state index in [1.54, 1.807) is 0 Å². The highest BCUT2D eigenvalue weighted by atomic mass is 16.5. The van der Waals surface area contributed by atoms with Crippen LogP contribution >= 0.6 is 0 Å². The van der Waals surface area contributed by atoms with Crippen LogP contribution in [-0.2, 0) is 11.3 Å². The number of amides is 1. The molecule has 0 bridgehead atoms. The third-order valence-corrected chi connectivity index (χ3v) is 1.22. The lowest BCUT2D eigenvalue weighted by atomic mass is 10.2. The summed E-state index contributed by atoms with van der Waals surface area (Å²) in [5.74, 6) is 0. The fourth-order valence-corrected chi connectivity index (χ4v) is 0.729. The van der Waals surface area contributed by atoms with Crippen LogP contribution in [0.3, 0.4) is 0 Å². The molecule has 1 aromatic rings. The van der Waals surface area contributed by atoms with E-state index in [2.05, 4.69) is 18.6 Å². The Morgan fingerprint density at radius 1 is 1.19 bits per heavy atom. The zero-order chi connectivity index (χ0) is 12.8. The first-order valence-corrected chi connectivity index (χ1v) is 5.66. The van der Waals surface area contributed by atoms with Gasteiger partial charge >= 0.3 is 6.09 Å². The molecule has 0 saturated heterocycles. The first-order valence-electron chi connectivity index (χ1n) is 5.66. The topological polar surface area (TPSA) is 52.3 Å². The summed E-state index contributed by atoms with van der Waals surface area (Å²) < 4.78 is 4.57. The lowest BCUT2D eigenvalue weighted by Gasteiger charge is -1.99. The van der Waals surface area contributed by atoms with Gasteiger partial charge in [-0.05, 0) is 5.56 Å². The molecule has 0 aromatic heterocycles. The van der Waals surface area contributed by atoms with Gasteiger partial charge in [0.2, 0.25) is 0 Å². The molecule has 1 aromatic carbocycles. The molecule has 92 valence electrons. The van der Waals surface area contributed by atoms with E-state index in [0.29, 0.717) is 0 Å². The number of hydrogen-bond donors (Lipinski definition) is 1. The second-order valence-corrected chi connectivity index (χ2v) is 2.80. The summed E-state index contributed by atoms with van der Waals surface area (Å²) in [6.07, 6.45) is 0.508. The number of rotatable bonds is 2. The number of carbonyl (C=O) groups excluding carboxylic acids is 1. The van der Waals surface area contributed by atoms with Crippen LogP contribution in [0.25, 0.3) is 0 Å². The molecule has 0 saturated carbocycles. The molecule has 0 radical (unpaired) electrons. The number of hydrogen-bond acceptors (Lipinski definition) is 2. The molecule has 0 aliphatic heterocycles. The number of benzene rings is 1. The lowest BCUT2D eigenvalue weighted by Crippen LogP contribution is -2.12. The van der Waals surface area contributed by atoms with Crippen LogP contribution in [0.4, 0.5) is 4.79 Å². The van der Waals surface area contributed by atoms with Crippen LogP contribution in [0.2, 0.25) is 0 Å². The van der Waals surface area contributed by atoms with Crippen LogP contribution in [0.1, 0.15) is 39.7 Å². The van der Waals surface area contributed by atoms with Crippen LogP contribution in [0.5, 0.6) is 0 Å². The Kier molecular flexibility index (Phi) is 14.3. The summed E-state index contributed by atoms with van der Waals surface area (Å²) in [7, 11) is 0. The minimum atomic E-state index is -0.742. The monoisotopic (exact) mass is 225 g/mol. The summed E-state index contributed by atoms with van der Waals surface area (Å²) in [4.78, 5) is 10.2. The van der Waals surface area contributed by atoms with Gasteiger partial charge in [0, 0.05) is 0 Å². The Balaban J connectivity index is 0. The van der Waals surface area contributed by atoms with Crippen molar-refractivity contribution in [3.8, 4) is 0 Å². The largest absolute Gasteiger partial charge is 0.445 e. The van der Waals surface area contributed by atoms with Gasteiger partial charge in [0.25, 0.3) is 0 Å². The molecule has 0 aliphatic rings. The van der Waals surface area contributed by atoms with Gasteiger partial charge in [-0.3, -0.25) is 0 Å². The average Bonchev–Trinajstić information content (AvgIpc) is 2.31. The molecule has 1 amide bonds. The van der Waals surface area contributed by atoms with Crippen molar-refractivity contribution in [1.82, 2.24) is 0 Å². The van der Waals surface area contributed by atoms with Gasteiger partial charge in [0.05, 0.1) is 0 Å². The molecule has 0 aliphatic carbocycles. The zero-order valence-corrected chi connectivity index (χ0v) is 10.7. The van der Waals surface area contributed by atoms with Crippen molar-refractivity contribution >= 4 is 6.09 Å². The van der Waals surface area contributed by atoms with E-state index in [4.69, 9.17) is 5.73 Å². The van der Waals surface area contributed by atoms with Crippen LogP contribution in [-0.4, -0.2) is 6.09 Å². The van der Waals surface area contributed by atoms with E-state index in [1.165, 1.54) is 6.42 Å². The Morgan fingerprint density at radius 2 is 1.62 bits per heavy atom. The van der Waals surface area contributed by atoms with Crippen molar-refractivity contribution in [2.45, 2.75) is 40.7 Å². The van der Waals surface area contributed by atoms with Crippen molar-refractivity contribution in [3.63, 3.8) is 0 Å². The van der Waals surface area contributed by atoms with Crippen molar-refractivity contribution < 1.29 is 9.53 Å². The van der Waals surface area contributed by atoms with Crippen LogP contribution in [0, 0.1) is 0 Å². The maximum absolute atomic E-state index is 10.2. The van der Waals surface area contributed by atoms with Gasteiger partial charge in [-0.1, -0.05) is 64.4 Å². The number of ether oxygens (including phenoxy) is 1. The Bertz CT molecular complexity index is 247. The van der Waals surface area contributed by atoms with E-state index in [-0.39, 0.29) is 6.61 Å². The maximum Gasteiger partial charge on any atom is 0.404 e. The molecular weight excluding hydrogens is 202 g/mol. The molecule has 0 heterocycles. The third-order valence-electron chi connectivity index (χ3n) is 1.22. The minimum Gasteiger partial charge on any atom is -0.445 e. The fraction of sp³-hybridized carbons (Fsp3) is 0.462. The highest BCUT2D eigenvalue weighted by molar-refractivity contribution is 5.64. The quantitative estimate of drug-likeness (QED) is 0.833. The van der Waals surface area contributed by atoms with E-state index in [0.717, 1.165) is 5.56 Å². The lowest BCUT2D eigenvalue weighted by molar-refractivity contribution is 0.150. The van der Waals surface area contributed by atoms with Crippen LogP contribution < -0.4 is 5.73 Å². The van der Waals surface area contributed by atoms with E-state index in [1.807, 2.05) is 44.2 Å². The highest BCUT2D eigenvalue weighted by Crippen LogP contribution is 1.99. The number of nitrogens with two attached hydrogens (primary N) is 1. The molecular formula is C13H23NO2. The molecule has 16 heavy (non-hydrogen) atoms. The molecule has 2 N–H and O–H groups in total. The van der Waals surface area contributed by atoms with Gasteiger partial charge in [0.1, 0.15) is 6.61 Å². The van der Waals surface area contributed by atoms with Crippen molar-refractivity contribution in [3.05, 3.63) is 35.9 Å². The predicted octanol–water partition coefficient (Wildman–Crippen LogP) is 3.72. The summed E-state index contributed by atoms with van der Waals surface area (Å²) in [5.41, 5.74) is 5.72. The first kappa shape index (κ1) is 16.9. The molecule has 0 spiro atoms. The van der Waals surface area contributed by atoms with Crippen LogP contribution in [0.15, 0.2) is 30.3 Å². The van der Waals surface area contributed by atoms with Crippen molar-refractivity contribution in [2.75, 3.05) is 0 Å². The Hall–Kier alpha value is -1.51. The predicted molar refractivity (Wildman–Crippen MR) is 68.1 cm³/mol. The first-order chi connectivity index (χ1) is 7.70. The van der Waals surface area contributed by atoms with Gasteiger partial charge in [0.15, 0.2) is 0 Å². The second kappa shape index (κ2) is 13.5. The highest BCUT2D eigenvalue weighted by Gasteiger charge is 1.93. The van der Waals surface area contributed by atoms with E-state index in [9.17, 15) is 4.79 Å². The third kappa shape index (κ3) is 12.5. The van der Waals surface area contributed by atoms with E-state index < -0.39 is 6.09 Å². The SMILES string of the molecule is CC.CCC.NC(=O)OCc1ccccc1.